The second-order valence-electron chi connectivity index (χ2n) is 3.91. The molecule has 1 fully saturated rings. The van der Waals surface area contributed by atoms with Gasteiger partial charge in [0.1, 0.15) is 0 Å². The topological polar surface area (TPSA) is 12.0 Å². The van der Waals surface area contributed by atoms with Gasteiger partial charge in [-0.2, -0.15) is 0 Å². The minimum Gasteiger partial charge on any atom is -0.309 e. The fraction of sp³-hybridized carbons (Fsp3) is 0.636. The average Bonchev–Trinajstić information content (AvgIpc) is 2.85. The predicted molar refractivity (Wildman–Crippen MR) is 63.0 cm³/mol. The van der Waals surface area contributed by atoms with Gasteiger partial charge >= 0.3 is 0 Å². The summed E-state index contributed by atoms with van der Waals surface area (Å²) in [5, 5.41) is 5.74. The van der Waals surface area contributed by atoms with E-state index in [9.17, 15) is 0 Å². The van der Waals surface area contributed by atoms with Crippen LogP contribution in [0.15, 0.2) is 17.5 Å². The van der Waals surface area contributed by atoms with Gasteiger partial charge < -0.3 is 5.32 Å². The smallest absolute Gasteiger partial charge is 0.0302 e. The van der Waals surface area contributed by atoms with Gasteiger partial charge in [0.15, 0.2) is 0 Å². The molecule has 1 nitrogen and oxygen atoms in total. The number of halogens is 1. The number of thiophene rings is 1. The van der Waals surface area contributed by atoms with Crippen molar-refractivity contribution in [3.8, 4) is 0 Å². The summed E-state index contributed by atoms with van der Waals surface area (Å²) in [7, 11) is 0. The molecule has 1 aliphatic rings. The third kappa shape index (κ3) is 2.50. The van der Waals surface area contributed by atoms with E-state index in [1.165, 1.54) is 24.1 Å². The van der Waals surface area contributed by atoms with Crippen molar-refractivity contribution in [3.63, 3.8) is 0 Å². The Morgan fingerprint density at radius 1 is 1.50 bits per heavy atom. The van der Waals surface area contributed by atoms with Crippen LogP contribution in [0.3, 0.4) is 0 Å². The second-order valence-corrected chi connectivity index (χ2v) is 5.25. The molecule has 1 aromatic heterocycles. The van der Waals surface area contributed by atoms with Crippen LogP contribution in [0.25, 0.3) is 0 Å². The molecule has 2 atom stereocenters. The summed E-state index contributed by atoms with van der Waals surface area (Å²) in [6.45, 7) is 1.01. The maximum Gasteiger partial charge on any atom is 0.0302 e. The molecule has 0 spiro atoms. The summed E-state index contributed by atoms with van der Waals surface area (Å²) in [5.74, 6) is 1.50. The molecule has 1 saturated carbocycles. The van der Waals surface area contributed by atoms with E-state index < -0.39 is 0 Å². The van der Waals surface area contributed by atoms with Crippen LogP contribution < -0.4 is 5.32 Å². The van der Waals surface area contributed by atoms with E-state index >= 15 is 0 Å². The molecule has 2 rings (SSSR count). The molecule has 0 bridgehead atoms. The first kappa shape index (κ1) is 10.5. The Bertz CT molecular complexity index is 260. The van der Waals surface area contributed by atoms with Crippen molar-refractivity contribution < 1.29 is 0 Å². The molecule has 0 aliphatic heterocycles. The normalized spacial score (nSPS) is 26.9. The number of nitrogens with one attached hydrogen (secondary N) is 1. The molecule has 0 saturated heterocycles. The lowest BCUT2D eigenvalue weighted by Gasteiger charge is -2.18. The summed E-state index contributed by atoms with van der Waals surface area (Å²) in [4.78, 5) is 1.42. The first-order valence-electron chi connectivity index (χ1n) is 5.22. The lowest BCUT2D eigenvalue weighted by atomic mass is 10.1. The van der Waals surface area contributed by atoms with Gasteiger partial charge in [0.05, 0.1) is 0 Å². The van der Waals surface area contributed by atoms with Crippen molar-refractivity contribution in [3.05, 3.63) is 22.4 Å². The van der Waals surface area contributed by atoms with Crippen LogP contribution in [0.5, 0.6) is 0 Å². The van der Waals surface area contributed by atoms with Gasteiger partial charge in [0.25, 0.3) is 0 Å². The van der Waals surface area contributed by atoms with Crippen LogP contribution in [-0.4, -0.2) is 11.9 Å². The lowest BCUT2D eigenvalue weighted by molar-refractivity contribution is 0.431. The van der Waals surface area contributed by atoms with Crippen molar-refractivity contribution in [2.24, 2.45) is 5.92 Å². The van der Waals surface area contributed by atoms with E-state index in [-0.39, 0.29) is 0 Å². The van der Waals surface area contributed by atoms with Crippen LogP contribution in [-0.2, 0) is 6.54 Å². The maximum atomic E-state index is 5.93. The fourth-order valence-corrected chi connectivity index (χ4v) is 3.16. The van der Waals surface area contributed by atoms with E-state index in [0.29, 0.717) is 12.0 Å². The van der Waals surface area contributed by atoms with Crippen LogP contribution in [0.1, 0.15) is 24.1 Å². The van der Waals surface area contributed by atoms with Crippen molar-refractivity contribution in [2.45, 2.75) is 31.8 Å². The fourth-order valence-electron chi connectivity index (χ4n) is 2.14. The van der Waals surface area contributed by atoms with Crippen LogP contribution in [0, 0.1) is 5.92 Å². The third-order valence-electron chi connectivity index (χ3n) is 2.98. The highest BCUT2D eigenvalue weighted by Gasteiger charge is 2.25. The largest absolute Gasteiger partial charge is 0.309 e. The molecule has 2 unspecified atom stereocenters. The van der Waals surface area contributed by atoms with E-state index in [1.54, 1.807) is 0 Å². The molecule has 1 heterocycles. The second kappa shape index (κ2) is 5.15. The maximum absolute atomic E-state index is 5.93. The van der Waals surface area contributed by atoms with Crippen molar-refractivity contribution in [1.82, 2.24) is 5.32 Å². The summed E-state index contributed by atoms with van der Waals surface area (Å²) in [6.07, 6.45) is 3.92. The predicted octanol–water partition coefficient (Wildman–Crippen LogP) is 3.25. The number of hydrogen-bond donors (Lipinski definition) is 1. The first-order chi connectivity index (χ1) is 6.90. The zero-order chi connectivity index (χ0) is 9.80. The van der Waals surface area contributed by atoms with E-state index in [1.807, 2.05) is 11.3 Å². The monoisotopic (exact) mass is 229 g/mol. The highest BCUT2D eigenvalue weighted by atomic mass is 35.5. The Labute approximate surface area is 94.5 Å². The van der Waals surface area contributed by atoms with Gasteiger partial charge in [-0.25, -0.2) is 0 Å². The van der Waals surface area contributed by atoms with Crippen molar-refractivity contribution in [1.29, 1.82) is 0 Å². The van der Waals surface area contributed by atoms with Gasteiger partial charge in [0.2, 0.25) is 0 Å². The van der Waals surface area contributed by atoms with Crippen LogP contribution in [0.2, 0.25) is 0 Å². The average molecular weight is 230 g/mol. The highest BCUT2D eigenvalue weighted by Crippen LogP contribution is 2.27. The molecule has 14 heavy (non-hydrogen) atoms. The van der Waals surface area contributed by atoms with Gasteiger partial charge in [-0.1, -0.05) is 12.5 Å². The Balaban J connectivity index is 1.80. The molecule has 1 aliphatic carbocycles. The molecular formula is C11H16ClNS. The highest BCUT2D eigenvalue weighted by molar-refractivity contribution is 7.09. The lowest BCUT2D eigenvalue weighted by Crippen LogP contribution is -2.32. The molecule has 3 heteroatoms. The Morgan fingerprint density at radius 2 is 2.43 bits per heavy atom. The van der Waals surface area contributed by atoms with Gasteiger partial charge in [-0.3, -0.25) is 0 Å². The first-order valence-corrected chi connectivity index (χ1v) is 6.63. The van der Waals surface area contributed by atoms with Gasteiger partial charge in [-0.15, -0.1) is 22.9 Å². The summed E-state index contributed by atoms with van der Waals surface area (Å²) in [5.41, 5.74) is 0. The SMILES string of the molecule is ClCC1CCCC1NCc1cccs1. The Morgan fingerprint density at radius 3 is 3.14 bits per heavy atom. The molecule has 0 amide bonds. The van der Waals surface area contributed by atoms with Crippen LogP contribution >= 0.6 is 22.9 Å². The van der Waals surface area contributed by atoms with Gasteiger partial charge in [-0.05, 0) is 30.2 Å². The number of rotatable bonds is 4. The quantitative estimate of drug-likeness (QED) is 0.782. The van der Waals surface area contributed by atoms with Crippen molar-refractivity contribution >= 4 is 22.9 Å². The Kier molecular flexibility index (Phi) is 3.85. The molecule has 1 N–H and O–H groups in total. The minimum atomic E-state index is 0.648. The molecule has 0 radical (unpaired) electrons. The zero-order valence-corrected chi connectivity index (χ0v) is 9.78. The van der Waals surface area contributed by atoms with Gasteiger partial charge in [0, 0.05) is 23.3 Å². The van der Waals surface area contributed by atoms with Crippen molar-refractivity contribution in [2.75, 3.05) is 5.88 Å². The standard InChI is InChI=1S/C11H16ClNS/c12-7-9-3-1-5-11(9)13-8-10-4-2-6-14-10/h2,4,6,9,11,13H,1,3,5,7-8H2. The zero-order valence-electron chi connectivity index (χ0n) is 8.21. The number of alkyl halides is 1. The molecular weight excluding hydrogens is 214 g/mol. The summed E-state index contributed by atoms with van der Waals surface area (Å²) < 4.78 is 0. The summed E-state index contributed by atoms with van der Waals surface area (Å²) >= 11 is 7.75. The summed E-state index contributed by atoms with van der Waals surface area (Å²) in [6, 6.07) is 4.94. The Hall–Kier alpha value is -0.0500. The van der Waals surface area contributed by atoms with E-state index in [4.69, 9.17) is 11.6 Å². The number of hydrogen-bond acceptors (Lipinski definition) is 2. The molecule has 0 aromatic carbocycles. The van der Waals surface area contributed by atoms with E-state index in [2.05, 4.69) is 22.8 Å². The molecule has 78 valence electrons. The third-order valence-corrected chi connectivity index (χ3v) is 4.25. The minimum absolute atomic E-state index is 0.648. The molecule has 1 aromatic rings. The van der Waals surface area contributed by atoms with E-state index in [0.717, 1.165) is 12.4 Å². The van der Waals surface area contributed by atoms with Crippen LogP contribution in [0.4, 0.5) is 0 Å².